The second-order valence-electron chi connectivity index (χ2n) is 5.61. The van der Waals surface area contributed by atoms with E-state index in [2.05, 4.69) is 85.0 Å². The zero-order valence-electron chi connectivity index (χ0n) is 12.4. The first kappa shape index (κ1) is 13.8. The first-order valence-corrected chi connectivity index (χ1v) is 7.57. The highest BCUT2D eigenvalue weighted by Crippen LogP contribution is 2.18. The van der Waals surface area contributed by atoms with Crippen LogP contribution < -0.4 is 5.32 Å². The normalized spacial score (nSPS) is 12.4. The van der Waals surface area contributed by atoms with Crippen LogP contribution in [0.5, 0.6) is 0 Å². The summed E-state index contributed by atoms with van der Waals surface area (Å²) in [5.74, 6) is 0. The Bertz CT molecular complexity index is 698. The van der Waals surface area contributed by atoms with Gasteiger partial charge in [-0.1, -0.05) is 72.8 Å². The quantitative estimate of drug-likeness (QED) is 0.719. The van der Waals surface area contributed by atoms with Gasteiger partial charge in [0, 0.05) is 12.6 Å². The van der Waals surface area contributed by atoms with Gasteiger partial charge in [-0.05, 0) is 35.2 Å². The van der Waals surface area contributed by atoms with Crippen LogP contribution in [0, 0.1) is 0 Å². The fourth-order valence-corrected chi connectivity index (χ4v) is 2.77. The number of nitrogens with one attached hydrogen (secondary N) is 1. The van der Waals surface area contributed by atoms with E-state index in [4.69, 9.17) is 0 Å². The lowest BCUT2D eigenvalue weighted by Gasteiger charge is -2.15. The van der Waals surface area contributed by atoms with Crippen LogP contribution in [-0.2, 0) is 13.0 Å². The molecule has 3 rings (SSSR count). The van der Waals surface area contributed by atoms with E-state index in [0.717, 1.165) is 13.0 Å². The second-order valence-corrected chi connectivity index (χ2v) is 5.61. The highest BCUT2D eigenvalue weighted by atomic mass is 14.9. The third kappa shape index (κ3) is 3.50. The van der Waals surface area contributed by atoms with Crippen molar-refractivity contribution in [2.24, 2.45) is 0 Å². The Morgan fingerprint density at radius 2 is 1.52 bits per heavy atom. The van der Waals surface area contributed by atoms with Gasteiger partial charge in [-0.25, -0.2) is 0 Å². The van der Waals surface area contributed by atoms with Gasteiger partial charge in [-0.3, -0.25) is 0 Å². The molecule has 0 saturated carbocycles. The average molecular weight is 275 g/mol. The van der Waals surface area contributed by atoms with Crippen molar-refractivity contribution in [2.45, 2.75) is 25.9 Å². The summed E-state index contributed by atoms with van der Waals surface area (Å²) in [5, 5.41) is 6.30. The minimum Gasteiger partial charge on any atom is -0.310 e. The zero-order valence-corrected chi connectivity index (χ0v) is 12.4. The van der Waals surface area contributed by atoms with Gasteiger partial charge >= 0.3 is 0 Å². The highest BCUT2D eigenvalue weighted by Gasteiger charge is 2.05. The molecule has 0 fully saturated rings. The summed E-state index contributed by atoms with van der Waals surface area (Å²) in [6.45, 7) is 3.16. The van der Waals surface area contributed by atoms with Crippen LogP contribution in [0.1, 0.15) is 18.1 Å². The summed E-state index contributed by atoms with van der Waals surface area (Å²) < 4.78 is 0. The fourth-order valence-electron chi connectivity index (χ4n) is 2.77. The molecule has 1 nitrogen and oxygen atoms in total. The van der Waals surface area contributed by atoms with Crippen molar-refractivity contribution in [1.29, 1.82) is 0 Å². The fraction of sp³-hybridized carbons (Fsp3) is 0.200. The topological polar surface area (TPSA) is 12.0 Å². The molecular formula is C20H21N. The predicted octanol–water partition coefficient (Wildman–Crippen LogP) is 4.56. The minimum absolute atomic E-state index is 0.464. The predicted molar refractivity (Wildman–Crippen MR) is 90.4 cm³/mol. The Kier molecular flexibility index (Phi) is 4.32. The zero-order chi connectivity index (χ0) is 14.5. The van der Waals surface area contributed by atoms with Crippen molar-refractivity contribution >= 4 is 10.8 Å². The lowest BCUT2D eigenvalue weighted by molar-refractivity contribution is 0.547. The van der Waals surface area contributed by atoms with E-state index in [1.54, 1.807) is 0 Å². The van der Waals surface area contributed by atoms with Crippen LogP contribution in [0.2, 0.25) is 0 Å². The molecule has 3 aromatic rings. The minimum atomic E-state index is 0.464. The third-order valence-corrected chi connectivity index (χ3v) is 3.91. The van der Waals surface area contributed by atoms with E-state index in [-0.39, 0.29) is 0 Å². The molecule has 0 bridgehead atoms. The number of hydrogen-bond donors (Lipinski definition) is 1. The first-order valence-electron chi connectivity index (χ1n) is 7.57. The number of fused-ring (bicyclic) bond motifs is 1. The lowest BCUT2D eigenvalue weighted by Crippen LogP contribution is -2.27. The van der Waals surface area contributed by atoms with Crippen LogP contribution in [0.4, 0.5) is 0 Å². The van der Waals surface area contributed by atoms with Crippen molar-refractivity contribution < 1.29 is 0 Å². The largest absolute Gasteiger partial charge is 0.310 e. The molecule has 1 heteroatoms. The number of hydrogen-bond acceptors (Lipinski definition) is 1. The maximum absolute atomic E-state index is 3.64. The molecule has 0 aliphatic carbocycles. The van der Waals surface area contributed by atoms with E-state index in [1.807, 2.05) is 0 Å². The van der Waals surface area contributed by atoms with Gasteiger partial charge in [0.1, 0.15) is 0 Å². The molecular weight excluding hydrogens is 254 g/mol. The number of benzene rings is 3. The Labute approximate surface area is 126 Å². The van der Waals surface area contributed by atoms with Crippen molar-refractivity contribution in [1.82, 2.24) is 5.32 Å². The Hall–Kier alpha value is -2.12. The van der Waals surface area contributed by atoms with Gasteiger partial charge < -0.3 is 5.32 Å². The smallest absolute Gasteiger partial charge is 0.0214 e. The molecule has 0 heterocycles. The second kappa shape index (κ2) is 6.55. The molecule has 0 aromatic heterocycles. The summed E-state index contributed by atoms with van der Waals surface area (Å²) in [6, 6.07) is 26.2. The average Bonchev–Trinajstić information content (AvgIpc) is 2.54. The highest BCUT2D eigenvalue weighted by molar-refractivity contribution is 5.85. The molecule has 0 aliphatic heterocycles. The van der Waals surface area contributed by atoms with Crippen LogP contribution in [0.15, 0.2) is 72.8 Å². The molecule has 1 unspecified atom stereocenters. The van der Waals surface area contributed by atoms with Crippen LogP contribution in [0.25, 0.3) is 10.8 Å². The van der Waals surface area contributed by atoms with Crippen LogP contribution in [0.3, 0.4) is 0 Å². The van der Waals surface area contributed by atoms with E-state index in [0.29, 0.717) is 6.04 Å². The maximum atomic E-state index is 3.64. The van der Waals surface area contributed by atoms with E-state index < -0.39 is 0 Å². The molecule has 0 aliphatic rings. The standard InChI is InChI=1S/C20H21N/c1-16(14-17-8-3-2-4-9-17)21-15-19-12-7-11-18-10-5-6-13-20(18)19/h2-13,16,21H,14-15H2,1H3. The monoisotopic (exact) mass is 275 g/mol. The molecule has 0 saturated heterocycles. The van der Waals surface area contributed by atoms with Gasteiger partial charge in [0.15, 0.2) is 0 Å². The summed E-state index contributed by atoms with van der Waals surface area (Å²) >= 11 is 0. The van der Waals surface area contributed by atoms with E-state index in [9.17, 15) is 0 Å². The molecule has 3 aromatic carbocycles. The molecule has 1 N–H and O–H groups in total. The van der Waals surface area contributed by atoms with Crippen molar-refractivity contribution in [3.63, 3.8) is 0 Å². The van der Waals surface area contributed by atoms with Crippen molar-refractivity contribution in [3.8, 4) is 0 Å². The molecule has 21 heavy (non-hydrogen) atoms. The van der Waals surface area contributed by atoms with Gasteiger partial charge in [-0.15, -0.1) is 0 Å². The van der Waals surface area contributed by atoms with Gasteiger partial charge in [0.25, 0.3) is 0 Å². The molecule has 0 amide bonds. The summed E-state index contributed by atoms with van der Waals surface area (Å²) in [7, 11) is 0. The van der Waals surface area contributed by atoms with Gasteiger partial charge in [0.05, 0.1) is 0 Å². The lowest BCUT2D eigenvalue weighted by atomic mass is 10.0. The SMILES string of the molecule is CC(Cc1ccccc1)NCc1cccc2ccccc12. The Morgan fingerprint density at radius 1 is 0.810 bits per heavy atom. The summed E-state index contributed by atoms with van der Waals surface area (Å²) in [5.41, 5.74) is 2.75. The Morgan fingerprint density at radius 3 is 2.38 bits per heavy atom. The van der Waals surface area contributed by atoms with Crippen LogP contribution >= 0.6 is 0 Å². The Balaban J connectivity index is 1.66. The van der Waals surface area contributed by atoms with E-state index in [1.165, 1.54) is 21.9 Å². The molecule has 106 valence electrons. The summed E-state index contributed by atoms with van der Waals surface area (Å²) in [4.78, 5) is 0. The van der Waals surface area contributed by atoms with Crippen LogP contribution in [-0.4, -0.2) is 6.04 Å². The molecule has 1 atom stereocenters. The van der Waals surface area contributed by atoms with Crippen molar-refractivity contribution in [3.05, 3.63) is 83.9 Å². The van der Waals surface area contributed by atoms with Crippen molar-refractivity contribution in [2.75, 3.05) is 0 Å². The van der Waals surface area contributed by atoms with Gasteiger partial charge in [0.2, 0.25) is 0 Å². The maximum Gasteiger partial charge on any atom is 0.0214 e. The molecule has 0 radical (unpaired) electrons. The number of rotatable bonds is 5. The van der Waals surface area contributed by atoms with E-state index >= 15 is 0 Å². The summed E-state index contributed by atoms with van der Waals surface area (Å²) in [6.07, 6.45) is 1.06. The molecule has 0 spiro atoms. The van der Waals surface area contributed by atoms with Gasteiger partial charge in [-0.2, -0.15) is 0 Å². The first-order chi connectivity index (χ1) is 10.3. The third-order valence-electron chi connectivity index (χ3n) is 3.91.